The van der Waals surface area contributed by atoms with Crippen LogP contribution >= 0.6 is 0 Å². The molecule has 1 aromatic rings. The van der Waals surface area contributed by atoms with Crippen molar-refractivity contribution in [2.45, 2.75) is 38.9 Å². The Balaban J connectivity index is 2.05. The smallest absolute Gasteiger partial charge is 0.0659 e. The summed E-state index contributed by atoms with van der Waals surface area (Å²) in [4.78, 5) is 0. The molecule has 13 heavy (non-hydrogen) atoms. The Morgan fingerprint density at radius 1 is 1.15 bits per heavy atom. The van der Waals surface area contributed by atoms with E-state index in [4.69, 9.17) is 4.74 Å². The van der Waals surface area contributed by atoms with Gasteiger partial charge in [0.05, 0.1) is 12.2 Å². The van der Waals surface area contributed by atoms with Crippen molar-refractivity contribution in [3.63, 3.8) is 0 Å². The number of hydrogen-bond acceptors (Lipinski definition) is 1. The van der Waals surface area contributed by atoms with E-state index in [0.29, 0.717) is 12.2 Å². The molecule has 1 aliphatic carbocycles. The second-order valence-corrected chi connectivity index (χ2v) is 3.98. The molecular formula is C12H16O. The minimum absolute atomic E-state index is 0.347. The third kappa shape index (κ3) is 1.92. The Hall–Kier alpha value is -0.820. The zero-order chi connectivity index (χ0) is 9.26. The summed E-state index contributed by atoms with van der Waals surface area (Å²) in [6.45, 7) is 4.20. The highest BCUT2D eigenvalue weighted by Gasteiger charge is 2.21. The molecule has 2 rings (SSSR count). The van der Waals surface area contributed by atoms with Crippen molar-refractivity contribution in [1.29, 1.82) is 0 Å². The van der Waals surface area contributed by atoms with Gasteiger partial charge in [-0.15, -0.1) is 0 Å². The normalized spacial score (nSPS) is 16.5. The van der Waals surface area contributed by atoms with Crippen molar-refractivity contribution in [2.24, 2.45) is 0 Å². The standard InChI is InChI=1S/C12H16O/c1-9(2)13-12-7-10-5-3-4-6-11(10)8-12/h3-6,9,12H,7-8H2,1-2H3. The highest BCUT2D eigenvalue weighted by Crippen LogP contribution is 2.24. The van der Waals surface area contributed by atoms with E-state index in [-0.39, 0.29) is 0 Å². The Morgan fingerprint density at radius 3 is 2.15 bits per heavy atom. The maximum Gasteiger partial charge on any atom is 0.0659 e. The predicted molar refractivity (Wildman–Crippen MR) is 53.9 cm³/mol. The summed E-state index contributed by atoms with van der Waals surface area (Å²) >= 11 is 0. The molecule has 0 spiro atoms. The minimum atomic E-state index is 0.347. The summed E-state index contributed by atoms with van der Waals surface area (Å²) in [7, 11) is 0. The molecule has 70 valence electrons. The van der Waals surface area contributed by atoms with E-state index in [1.165, 1.54) is 11.1 Å². The van der Waals surface area contributed by atoms with Gasteiger partial charge in [0, 0.05) is 0 Å². The molecule has 0 atom stereocenters. The molecule has 1 aliphatic rings. The van der Waals surface area contributed by atoms with E-state index in [0.717, 1.165) is 12.8 Å². The van der Waals surface area contributed by atoms with Crippen LogP contribution in [0.25, 0.3) is 0 Å². The van der Waals surface area contributed by atoms with E-state index in [1.54, 1.807) is 0 Å². The summed E-state index contributed by atoms with van der Waals surface area (Å²) in [5, 5.41) is 0. The van der Waals surface area contributed by atoms with Gasteiger partial charge in [-0.2, -0.15) is 0 Å². The summed E-state index contributed by atoms with van der Waals surface area (Å²) in [5.41, 5.74) is 2.93. The van der Waals surface area contributed by atoms with Gasteiger partial charge in [-0.3, -0.25) is 0 Å². The molecule has 0 aromatic heterocycles. The van der Waals surface area contributed by atoms with E-state index < -0.39 is 0 Å². The molecule has 0 amide bonds. The second kappa shape index (κ2) is 3.51. The Kier molecular flexibility index (Phi) is 2.36. The number of hydrogen-bond donors (Lipinski definition) is 0. The van der Waals surface area contributed by atoms with Gasteiger partial charge >= 0.3 is 0 Å². The van der Waals surface area contributed by atoms with Gasteiger partial charge in [-0.25, -0.2) is 0 Å². The van der Waals surface area contributed by atoms with Crippen LogP contribution in [0.15, 0.2) is 24.3 Å². The molecule has 0 N–H and O–H groups in total. The molecule has 0 aliphatic heterocycles. The molecule has 0 fully saturated rings. The quantitative estimate of drug-likeness (QED) is 0.673. The van der Waals surface area contributed by atoms with Gasteiger partial charge < -0.3 is 4.74 Å². The highest BCUT2D eigenvalue weighted by molar-refractivity contribution is 5.32. The van der Waals surface area contributed by atoms with Crippen LogP contribution < -0.4 is 0 Å². The summed E-state index contributed by atoms with van der Waals surface area (Å²) in [5.74, 6) is 0. The number of ether oxygens (including phenoxy) is 1. The molecular weight excluding hydrogens is 160 g/mol. The first-order chi connectivity index (χ1) is 6.25. The summed E-state index contributed by atoms with van der Waals surface area (Å²) < 4.78 is 5.79. The lowest BCUT2D eigenvalue weighted by Gasteiger charge is -2.13. The van der Waals surface area contributed by atoms with Crippen LogP contribution in [0.1, 0.15) is 25.0 Å². The maximum absolute atomic E-state index is 5.79. The molecule has 0 radical (unpaired) electrons. The van der Waals surface area contributed by atoms with Gasteiger partial charge in [-0.05, 0) is 37.8 Å². The van der Waals surface area contributed by atoms with Crippen molar-refractivity contribution >= 4 is 0 Å². The molecule has 0 unspecified atom stereocenters. The molecule has 0 bridgehead atoms. The topological polar surface area (TPSA) is 9.23 Å². The van der Waals surface area contributed by atoms with E-state index in [9.17, 15) is 0 Å². The molecule has 1 nitrogen and oxygen atoms in total. The lowest BCUT2D eigenvalue weighted by atomic mass is 10.1. The van der Waals surface area contributed by atoms with Crippen LogP contribution in [0.5, 0.6) is 0 Å². The van der Waals surface area contributed by atoms with Gasteiger partial charge in [0.1, 0.15) is 0 Å². The Labute approximate surface area is 79.7 Å². The Morgan fingerprint density at radius 2 is 1.69 bits per heavy atom. The lowest BCUT2D eigenvalue weighted by molar-refractivity contribution is 0.0145. The van der Waals surface area contributed by atoms with Crippen molar-refractivity contribution in [3.8, 4) is 0 Å². The number of benzene rings is 1. The average Bonchev–Trinajstić information content (AvgIpc) is 2.44. The predicted octanol–water partition coefficient (Wildman–Crippen LogP) is 2.58. The summed E-state index contributed by atoms with van der Waals surface area (Å²) in [6.07, 6.45) is 2.94. The second-order valence-electron chi connectivity index (χ2n) is 3.98. The van der Waals surface area contributed by atoms with Crippen molar-refractivity contribution in [3.05, 3.63) is 35.4 Å². The largest absolute Gasteiger partial charge is 0.375 e. The number of rotatable bonds is 2. The van der Waals surface area contributed by atoms with Crippen molar-refractivity contribution in [1.82, 2.24) is 0 Å². The van der Waals surface area contributed by atoms with Crippen LogP contribution in [0.4, 0.5) is 0 Å². The SMILES string of the molecule is CC(C)OC1Cc2ccccc2C1. The first-order valence-corrected chi connectivity index (χ1v) is 4.98. The third-order valence-corrected chi connectivity index (χ3v) is 2.48. The fourth-order valence-corrected chi connectivity index (χ4v) is 2.00. The summed E-state index contributed by atoms with van der Waals surface area (Å²) in [6, 6.07) is 8.63. The van der Waals surface area contributed by atoms with Crippen molar-refractivity contribution < 1.29 is 4.74 Å². The van der Waals surface area contributed by atoms with E-state index in [1.807, 2.05) is 0 Å². The van der Waals surface area contributed by atoms with Gasteiger partial charge in [-0.1, -0.05) is 24.3 Å². The molecule has 0 saturated carbocycles. The van der Waals surface area contributed by atoms with E-state index in [2.05, 4.69) is 38.1 Å². The lowest BCUT2D eigenvalue weighted by Crippen LogP contribution is -2.17. The van der Waals surface area contributed by atoms with E-state index >= 15 is 0 Å². The highest BCUT2D eigenvalue weighted by atomic mass is 16.5. The van der Waals surface area contributed by atoms with Crippen LogP contribution in [0.2, 0.25) is 0 Å². The van der Waals surface area contributed by atoms with Crippen LogP contribution in [-0.2, 0) is 17.6 Å². The minimum Gasteiger partial charge on any atom is -0.375 e. The molecule has 1 aromatic carbocycles. The first kappa shape index (κ1) is 8.76. The van der Waals surface area contributed by atoms with Crippen molar-refractivity contribution in [2.75, 3.05) is 0 Å². The molecule has 0 saturated heterocycles. The van der Waals surface area contributed by atoms with Gasteiger partial charge in [0.15, 0.2) is 0 Å². The zero-order valence-electron chi connectivity index (χ0n) is 8.29. The third-order valence-electron chi connectivity index (χ3n) is 2.48. The molecule has 1 heteroatoms. The fourth-order valence-electron chi connectivity index (χ4n) is 2.00. The van der Waals surface area contributed by atoms with Gasteiger partial charge in [0.25, 0.3) is 0 Å². The molecule has 0 heterocycles. The van der Waals surface area contributed by atoms with Crippen LogP contribution in [0.3, 0.4) is 0 Å². The zero-order valence-corrected chi connectivity index (χ0v) is 8.29. The maximum atomic E-state index is 5.79. The van der Waals surface area contributed by atoms with Crippen LogP contribution in [-0.4, -0.2) is 12.2 Å². The first-order valence-electron chi connectivity index (χ1n) is 4.98. The van der Waals surface area contributed by atoms with Crippen LogP contribution in [0, 0.1) is 0 Å². The average molecular weight is 176 g/mol. The Bertz CT molecular complexity index is 266. The fraction of sp³-hybridized carbons (Fsp3) is 0.500. The number of fused-ring (bicyclic) bond motifs is 1. The van der Waals surface area contributed by atoms with Gasteiger partial charge in [0.2, 0.25) is 0 Å². The monoisotopic (exact) mass is 176 g/mol.